The van der Waals surface area contributed by atoms with Gasteiger partial charge >= 0.3 is 0 Å². The van der Waals surface area contributed by atoms with E-state index in [-0.39, 0.29) is 40.6 Å². The second-order valence-electron chi connectivity index (χ2n) is 7.52. The average molecular weight is 450 g/mol. The number of ether oxygens (including phenoxy) is 1. The Bertz CT molecular complexity index is 1160. The fourth-order valence-electron chi connectivity index (χ4n) is 3.37. The molecule has 0 bridgehead atoms. The number of anilines is 1. The minimum absolute atomic E-state index is 0.0767. The molecule has 0 saturated heterocycles. The fourth-order valence-corrected chi connectivity index (χ4v) is 4.99. The maximum absolute atomic E-state index is 13.6. The number of hydrogen-bond donors (Lipinski definition) is 4. The summed E-state index contributed by atoms with van der Waals surface area (Å²) in [6, 6.07) is 5.35. The number of fused-ring (bicyclic) bond motifs is 1. The number of aryl methyl sites for hydroxylation is 1. The number of hydrogen-bond acceptors (Lipinski definition) is 7. The Labute approximate surface area is 179 Å². The first-order chi connectivity index (χ1) is 14.5. The zero-order valence-electron chi connectivity index (χ0n) is 17.0. The number of aliphatic hydroxyl groups excluding tert-OH is 2. The first-order valence-electron chi connectivity index (χ1n) is 9.31. The maximum Gasteiger partial charge on any atom is 0.246 e. The van der Waals surface area contributed by atoms with Crippen LogP contribution in [0.1, 0.15) is 30.8 Å². The highest BCUT2D eigenvalue weighted by Gasteiger charge is 2.43. The van der Waals surface area contributed by atoms with Gasteiger partial charge in [-0.05, 0) is 31.5 Å². The predicted octanol–water partition coefficient (Wildman–Crippen LogP) is 1.51. The van der Waals surface area contributed by atoms with Gasteiger partial charge in [0.05, 0.1) is 17.2 Å². The number of aliphatic hydroxyl groups is 2. The van der Waals surface area contributed by atoms with Crippen LogP contribution in [0, 0.1) is 17.1 Å². The third-order valence-corrected chi connectivity index (χ3v) is 6.70. The number of halogens is 1. The van der Waals surface area contributed by atoms with Crippen LogP contribution in [0.3, 0.4) is 0 Å². The van der Waals surface area contributed by atoms with Crippen LogP contribution >= 0.6 is 0 Å². The zero-order valence-corrected chi connectivity index (χ0v) is 17.8. The lowest BCUT2D eigenvalue weighted by Gasteiger charge is -2.32. The number of benzene rings is 1. The van der Waals surface area contributed by atoms with Gasteiger partial charge in [-0.1, -0.05) is 6.08 Å². The van der Waals surface area contributed by atoms with E-state index in [0.717, 1.165) is 6.07 Å². The summed E-state index contributed by atoms with van der Waals surface area (Å²) in [7, 11) is -2.56. The molecular weight excluding hydrogens is 427 g/mol. The van der Waals surface area contributed by atoms with Crippen LogP contribution in [-0.2, 0) is 17.1 Å². The van der Waals surface area contributed by atoms with Gasteiger partial charge in [0.2, 0.25) is 10.0 Å². The Morgan fingerprint density at radius 2 is 2.23 bits per heavy atom. The van der Waals surface area contributed by atoms with Crippen LogP contribution in [0.15, 0.2) is 41.9 Å². The third-order valence-electron chi connectivity index (χ3n) is 5.10. The van der Waals surface area contributed by atoms with Crippen molar-refractivity contribution < 1.29 is 27.8 Å². The highest BCUT2D eigenvalue weighted by atomic mass is 32.2. The van der Waals surface area contributed by atoms with Gasteiger partial charge in [0.25, 0.3) is 0 Å². The van der Waals surface area contributed by atoms with Crippen LogP contribution < -0.4 is 14.8 Å². The minimum atomic E-state index is -4.10. The molecular formula is C20H23FN4O5S. The molecule has 3 rings (SSSR count). The number of nitrogens with one attached hydrogen (secondary N) is 2. The molecule has 1 aliphatic heterocycles. The number of aromatic nitrogens is 1. The molecule has 1 aromatic heterocycles. The topological polar surface area (TPSA) is 137 Å². The number of nitrogens with zero attached hydrogens (tertiary/aromatic N) is 2. The van der Waals surface area contributed by atoms with Crippen molar-refractivity contribution in [2.75, 3.05) is 11.9 Å². The van der Waals surface area contributed by atoms with Gasteiger partial charge in [-0.2, -0.15) is 9.98 Å². The minimum Gasteiger partial charge on any atom is -0.488 e. The van der Waals surface area contributed by atoms with Gasteiger partial charge in [0.1, 0.15) is 29.1 Å². The summed E-state index contributed by atoms with van der Waals surface area (Å²) in [4.78, 5) is -0.197. The Morgan fingerprint density at radius 1 is 1.52 bits per heavy atom. The summed E-state index contributed by atoms with van der Waals surface area (Å²) in [5.74, 6) is -0.778. The van der Waals surface area contributed by atoms with Gasteiger partial charge in [0.15, 0.2) is 12.0 Å². The van der Waals surface area contributed by atoms with Crippen molar-refractivity contribution in [3.05, 3.63) is 54.1 Å². The molecule has 11 heteroatoms. The van der Waals surface area contributed by atoms with Crippen LogP contribution in [0.2, 0.25) is 0 Å². The highest BCUT2D eigenvalue weighted by molar-refractivity contribution is 7.89. The normalized spacial score (nSPS) is 21.7. The molecule has 31 heavy (non-hydrogen) atoms. The Balaban J connectivity index is 1.97. The summed E-state index contributed by atoms with van der Waals surface area (Å²) < 4.78 is 49.1. The molecule has 1 aromatic carbocycles. The second kappa shape index (κ2) is 8.32. The first kappa shape index (κ1) is 22.8. The monoisotopic (exact) mass is 450 g/mol. The summed E-state index contributed by atoms with van der Waals surface area (Å²) in [5, 5.41) is 32.8. The van der Waals surface area contributed by atoms with Crippen LogP contribution in [-0.4, -0.2) is 41.4 Å². The van der Waals surface area contributed by atoms with Crippen LogP contribution in [0.5, 0.6) is 5.75 Å². The van der Waals surface area contributed by atoms with E-state index in [9.17, 15) is 23.0 Å². The van der Waals surface area contributed by atoms with Crippen molar-refractivity contribution >= 4 is 15.7 Å². The fraction of sp³-hybridized carbons (Fsp3) is 0.350. The van der Waals surface area contributed by atoms with Crippen molar-refractivity contribution in [3.8, 4) is 11.8 Å². The quantitative estimate of drug-likeness (QED) is 0.387. The van der Waals surface area contributed by atoms with E-state index in [0.29, 0.717) is 0 Å². The molecule has 9 nitrogen and oxygen atoms in total. The van der Waals surface area contributed by atoms with Crippen molar-refractivity contribution in [2.24, 2.45) is 7.05 Å². The molecule has 3 atom stereocenters. The van der Waals surface area contributed by atoms with Crippen LogP contribution in [0.25, 0.3) is 0 Å². The molecule has 0 spiro atoms. The Morgan fingerprint density at radius 3 is 2.87 bits per heavy atom. The maximum atomic E-state index is 13.6. The second-order valence-corrected chi connectivity index (χ2v) is 9.17. The van der Waals surface area contributed by atoms with Gasteiger partial charge in [-0.15, -0.1) is 6.58 Å². The molecule has 4 N–H and O–H groups in total. The highest BCUT2D eigenvalue weighted by Crippen LogP contribution is 2.38. The standard InChI is InChI=1S/C20H23FN4O5S/c1-4-5-16(26)20(2)11-30-18-15(31(28,29)24-20)10-25(3)17(18)19(27)23-13-6-7-14(21)12(8-13)9-22/h4,6-8,10,16,19,23-24,26-27H,1,5,11H2,2-3H3/t16-,19?,20-/m0/s1. The number of rotatable bonds is 6. The molecule has 2 heterocycles. The van der Waals surface area contributed by atoms with Gasteiger partial charge in [-0.25, -0.2) is 12.8 Å². The molecule has 0 radical (unpaired) electrons. The molecule has 166 valence electrons. The zero-order chi connectivity index (χ0) is 23.0. The van der Waals surface area contributed by atoms with Crippen LogP contribution in [0.4, 0.5) is 10.1 Å². The molecule has 1 aliphatic rings. The third kappa shape index (κ3) is 4.28. The van der Waals surface area contributed by atoms with E-state index < -0.39 is 33.7 Å². The molecule has 2 aromatic rings. The van der Waals surface area contributed by atoms with Gasteiger partial charge < -0.3 is 24.8 Å². The largest absolute Gasteiger partial charge is 0.488 e. The van der Waals surface area contributed by atoms with Crippen molar-refractivity contribution in [3.63, 3.8) is 0 Å². The lowest BCUT2D eigenvalue weighted by molar-refractivity contribution is 0.0535. The lowest BCUT2D eigenvalue weighted by atomic mass is 9.94. The number of nitriles is 1. The summed E-state index contributed by atoms with van der Waals surface area (Å²) in [5.41, 5.74) is -1.18. The van der Waals surface area contributed by atoms with E-state index in [1.54, 1.807) is 6.07 Å². The Kier molecular flexibility index (Phi) is 6.11. The van der Waals surface area contributed by atoms with Crippen molar-refractivity contribution in [1.29, 1.82) is 5.26 Å². The summed E-state index contributed by atoms with van der Waals surface area (Å²) >= 11 is 0. The van der Waals surface area contributed by atoms with Crippen molar-refractivity contribution in [1.82, 2.24) is 9.29 Å². The summed E-state index contributed by atoms with van der Waals surface area (Å²) in [6.45, 7) is 4.87. The molecule has 0 saturated carbocycles. The average Bonchev–Trinajstić information content (AvgIpc) is 3.00. The van der Waals surface area contributed by atoms with E-state index in [4.69, 9.17) is 10.00 Å². The van der Waals surface area contributed by atoms with Gasteiger partial charge in [0, 0.05) is 18.9 Å². The Hall–Kier alpha value is -2.91. The predicted molar refractivity (Wildman–Crippen MR) is 110 cm³/mol. The summed E-state index contributed by atoms with van der Waals surface area (Å²) in [6.07, 6.45) is 0.369. The van der Waals surface area contributed by atoms with E-state index >= 15 is 0 Å². The van der Waals surface area contributed by atoms with Gasteiger partial charge in [-0.3, -0.25) is 0 Å². The molecule has 0 fully saturated rings. The lowest BCUT2D eigenvalue weighted by Crippen LogP contribution is -2.56. The first-order valence-corrected chi connectivity index (χ1v) is 10.8. The van der Waals surface area contributed by atoms with E-state index in [1.807, 2.05) is 0 Å². The molecule has 0 aliphatic carbocycles. The van der Waals surface area contributed by atoms with E-state index in [2.05, 4.69) is 16.6 Å². The SMILES string of the molecule is C=CC[C@H](O)[C@]1(C)COc2c(cn(C)c2C(O)Nc2ccc(F)c(C#N)c2)S(=O)(=O)N1. The molecule has 0 amide bonds. The van der Waals surface area contributed by atoms with E-state index in [1.165, 1.54) is 42.9 Å². The molecule has 1 unspecified atom stereocenters. The van der Waals surface area contributed by atoms with Crippen molar-refractivity contribution in [2.45, 2.75) is 36.1 Å². The number of sulfonamides is 1. The smallest absolute Gasteiger partial charge is 0.246 e.